The number of fused-ring (bicyclic) bond motifs is 1. The molecule has 0 saturated heterocycles. The van der Waals surface area contributed by atoms with Gasteiger partial charge in [0.2, 0.25) is 5.91 Å². The van der Waals surface area contributed by atoms with Crippen LogP contribution in [-0.2, 0) is 16.1 Å². The molecule has 0 radical (unpaired) electrons. The highest BCUT2D eigenvalue weighted by Gasteiger charge is 2.29. The lowest BCUT2D eigenvalue weighted by Crippen LogP contribution is -2.50. The molecule has 1 atom stereocenters. The third-order valence-electron chi connectivity index (χ3n) is 6.27. The number of carbonyl (C=O) groups is 2. The maximum absolute atomic E-state index is 13.3. The largest absolute Gasteiger partial charge is 0.483 e. The quantitative estimate of drug-likeness (QED) is 0.489. The van der Waals surface area contributed by atoms with E-state index in [4.69, 9.17) is 16.3 Å². The molecule has 0 bridgehead atoms. The summed E-state index contributed by atoms with van der Waals surface area (Å²) >= 11 is 6.36. The third-order valence-corrected chi connectivity index (χ3v) is 6.64. The van der Waals surface area contributed by atoms with E-state index in [2.05, 4.69) is 5.32 Å². The summed E-state index contributed by atoms with van der Waals surface area (Å²) in [6.07, 6.45) is 4.23. The topological polar surface area (TPSA) is 58.6 Å². The fourth-order valence-corrected chi connectivity index (χ4v) is 4.52. The Morgan fingerprint density at radius 3 is 2.52 bits per heavy atom. The molecular weight excluding hydrogens is 436 g/mol. The van der Waals surface area contributed by atoms with Crippen LogP contribution in [0.2, 0.25) is 5.02 Å². The molecule has 0 unspecified atom stereocenters. The number of amides is 2. The number of nitrogens with one attached hydrogen (secondary N) is 1. The van der Waals surface area contributed by atoms with E-state index in [0.717, 1.165) is 42.0 Å². The molecule has 1 N–H and O–H groups in total. The standard InChI is InChI=1S/C27H29ClN2O3/c1-19(27(32)29-22-12-4-5-13-22)30(17-21-10-3-7-15-24(21)28)26(31)18-33-25-16-8-11-20-9-2-6-14-23(20)25/h2-3,6-11,14-16,19,22H,4-5,12-13,17-18H2,1H3,(H,29,32)/t19-/m0/s1. The molecule has 1 aliphatic carbocycles. The minimum atomic E-state index is -0.648. The molecule has 4 rings (SSSR count). The van der Waals surface area contributed by atoms with E-state index in [9.17, 15) is 9.59 Å². The Bertz CT molecular complexity index is 1120. The molecule has 2 amide bonds. The third kappa shape index (κ3) is 5.66. The summed E-state index contributed by atoms with van der Waals surface area (Å²) in [5.74, 6) is 0.228. The maximum atomic E-state index is 13.3. The average Bonchev–Trinajstić information content (AvgIpc) is 3.34. The summed E-state index contributed by atoms with van der Waals surface area (Å²) in [5, 5.41) is 5.65. The summed E-state index contributed by atoms with van der Waals surface area (Å²) in [5.41, 5.74) is 0.790. The van der Waals surface area contributed by atoms with Gasteiger partial charge in [0.1, 0.15) is 11.8 Å². The number of ether oxygens (including phenoxy) is 1. The number of hydrogen-bond donors (Lipinski definition) is 1. The number of rotatable bonds is 8. The lowest BCUT2D eigenvalue weighted by atomic mass is 10.1. The second kappa shape index (κ2) is 10.7. The Hall–Kier alpha value is -3.05. The van der Waals surface area contributed by atoms with Gasteiger partial charge in [0.15, 0.2) is 6.61 Å². The van der Waals surface area contributed by atoms with Crippen molar-refractivity contribution in [3.8, 4) is 5.75 Å². The minimum absolute atomic E-state index is 0.146. The van der Waals surface area contributed by atoms with E-state index in [1.54, 1.807) is 17.9 Å². The molecule has 0 spiro atoms. The molecule has 5 nitrogen and oxygen atoms in total. The average molecular weight is 465 g/mol. The summed E-state index contributed by atoms with van der Waals surface area (Å²) in [6, 6.07) is 20.5. The first kappa shape index (κ1) is 23.1. The number of hydrogen-bond acceptors (Lipinski definition) is 3. The molecule has 0 aliphatic heterocycles. The highest BCUT2D eigenvalue weighted by molar-refractivity contribution is 6.31. The van der Waals surface area contributed by atoms with E-state index < -0.39 is 6.04 Å². The summed E-state index contributed by atoms with van der Waals surface area (Å²) < 4.78 is 5.94. The van der Waals surface area contributed by atoms with Crippen LogP contribution in [0.4, 0.5) is 0 Å². The zero-order chi connectivity index (χ0) is 23.2. The molecule has 0 heterocycles. The van der Waals surface area contributed by atoms with Gasteiger partial charge < -0.3 is 15.0 Å². The normalized spacial score (nSPS) is 14.7. The Balaban J connectivity index is 1.51. The molecule has 172 valence electrons. The van der Waals surface area contributed by atoms with Crippen LogP contribution < -0.4 is 10.1 Å². The van der Waals surface area contributed by atoms with Gasteiger partial charge in [-0.1, -0.05) is 79.0 Å². The van der Waals surface area contributed by atoms with Gasteiger partial charge in [-0.25, -0.2) is 0 Å². The van der Waals surface area contributed by atoms with Crippen LogP contribution in [0.5, 0.6) is 5.75 Å². The van der Waals surface area contributed by atoms with Crippen LogP contribution in [0, 0.1) is 0 Å². The first-order valence-electron chi connectivity index (χ1n) is 11.5. The molecular formula is C27H29ClN2O3. The fourth-order valence-electron chi connectivity index (χ4n) is 4.33. The molecule has 3 aromatic rings. The Kier molecular flexibility index (Phi) is 7.50. The van der Waals surface area contributed by atoms with Crippen molar-refractivity contribution in [1.29, 1.82) is 0 Å². The molecule has 1 fully saturated rings. The minimum Gasteiger partial charge on any atom is -0.483 e. The molecule has 6 heteroatoms. The Labute approximate surface area is 199 Å². The van der Waals surface area contributed by atoms with E-state index in [0.29, 0.717) is 10.8 Å². The van der Waals surface area contributed by atoms with E-state index in [1.165, 1.54) is 0 Å². The van der Waals surface area contributed by atoms with Gasteiger partial charge in [-0.05, 0) is 42.8 Å². The van der Waals surface area contributed by atoms with Gasteiger partial charge in [-0.3, -0.25) is 9.59 Å². The van der Waals surface area contributed by atoms with Crippen LogP contribution in [-0.4, -0.2) is 35.4 Å². The van der Waals surface area contributed by atoms with Gasteiger partial charge in [0, 0.05) is 23.0 Å². The van der Waals surface area contributed by atoms with E-state index in [-0.39, 0.29) is 31.0 Å². The van der Waals surface area contributed by atoms with Crippen molar-refractivity contribution in [3.63, 3.8) is 0 Å². The van der Waals surface area contributed by atoms with Crippen LogP contribution in [0.1, 0.15) is 38.2 Å². The summed E-state index contributed by atoms with van der Waals surface area (Å²) in [6.45, 7) is 1.83. The maximum Gasteiger partial charge on any atom is 0.261 e. The lowest BCUT2D eigenvalue weighted by molar-refractivity contribution is -0.142. The molecule has 1 aliphatic rings. The predicted octanol–water partition coefficient (Wildman–Crippen LogP) is 5.35. The zero-order valence-corrected chi connectivity index (χ0v) is 19.6. The van der Waals surface area contributed by atoms with Gasteiger partial charge >= 0.3 is 0 Å². The van der Waals surface area contributed by atoms with Crippen LogP contribution in [0.3, 0.4) is 0 Å². The second-order valence-corrected chi connectivity index (χ2v) is 8.95. The van der Waals surface area contributed by atoms with Crippen LogP contribution >= 0.6 is 11.6 Å². The molecule has 0 aromatic heterocycles. The van der Waals surface area contributed by atoms with Gasteiger partial charge in [-0.2, -0.15) is 0 Å². The Morgan fingerprint density at radius 1 is 1.03 bits per heavy atom. The molecule has 1 saturated carbocycles. The SMILES string of the molecule is C[C@@H](C(=O)NC1CCCC1)N(Cc1ccccc1Cl)C(=O)COc1cccc2ccccc12. The van der Waals surface area contributed by atoms with Crippen molar-refractivity contribution in [2.75, 3.05) is 6.61 Å². The Morgan fingerprint density at radius 2 is 1.73 bits per heavy atom. The van der Waals surface area contributed by atoms with Gasteiger partial charge in [0.25, 0.3) is 5.91 Å². The van der Waals surface area contributed by atoms with Gasteiger partial charge in [-0.15, -0.1) is 0 Å². The van der Waals surface area contributed by atoms with Crippen molar-refractivity contribution in [2.45, 2.75) is 51.2 Å². The smallest absolute Gasteiger partial charge is 0.261 e. The van der Waals surface area contributed by atoms with Crippen molar-refractivity contribution < 1.29 is 14.3 Å². The van der Waals surface area contributed by atoms with Crippen molar-refractivity contribution >= 4 is 34.2 Å². The fraction of sp³-hybridized carbons (Fsp3) is 0.333. The number of halogens is 1. The highest BCUT2D eigenvalue weighted by Crippen LogP contribution is 2.26. The summed E-state index contributed by atoms with van der Waals surface area (Å²) in [7, 11) is 0. The van der Waals surface area contributed by atoms with Crippen molar-refractivity contribution in [3.05, 3.63) is 77.3 Å². The summed E-state index contributed by atoms with van der Waals surface area (Å²) in [4.78, 5) is 27.9. The zero-order valence-electron chi connectivity index (χ0n) is 18.8. The first-order chi connectivity index (χ1) is 16.0. The number of benzene rings is 3. The molecule has 33 heavy (non-hydrogen) atoms. The first-order valence-corrected chi connectivity index (χ1v) is 11.8. The second-order valence-electron chi connectivity index (χ2n) is 8.54. The van der Waals surface area contributed by atoms with Crippen molar-refractivity contribution in [2.24, 2.45) is 0 Å². The molecule has 3 aromatic carbocycles. The van der Waals surface area contributed by atoms with Gasteiger partial charge in [0.05, 0.1) is 0 Å². The number of nitrogens with zero attached hydrogens (tertiary/aromatic N) is 1. The monoisotopic (exact) mass is 464 g/mol. The van der Waals surface area contributed by atoms with Crippen LogP contribution in [0.25, 0.3) is 10.8 Å². The highest BCUT2D eigenvalue weighted by atomic mass is 35.5. The van der Waals surface area contributed by atoms with Crippen LogP contribution in [0.15, 0.2) is 66.7 Å². The van der Waals surface area contributed by atoms with E-state index >= 15 is 0 Å². The van der Waals surface area contributed by atoms with Crippen molar-refractivity contribution in [1.82, 2.24) is 10.2 Å². The number of carbonyl (C=O) groups excluding carboxylic acids is 2. The lowest BCUT2D eigenvalue weighted by Gasteiger charge is -2.30. The van der Waals surface area contributed by atoms with E-state index in [1.807, 2.05) is 60.7 Å². The predicted molar refractivity (Wildman–Crippen MR) is 131 cm³/mol.